The van der Waals surface area contributed by atoms with Gasteiger partial charge < -0.3 is 14.8 Å². The molecule has 0 saturated carbocycles. The molecule has 180 valence electrons. The highest BCUT2D eigenvalue weighted by Crippen LogP contribution is 2.34. The molecule has 1 saturated heterocycles. The van der Waals surface area contributed by atoms with Gasteiger partial charge in [0.05, 0.1) is 32.7 Å². The van der Waals surface area contributed by atoms with E-state index in [9.17, 15) is 18.8 Å². The Morgan fingerprint density at radius 3 is 2.79 bits per heavy atom. The predicted molar refractivity (Wildman–Crippen MR) is 132 cm³/mol. The van der Waals surface area contributed by atoms with E-state index in [1.165, 1.54) is 11.4 Å². The molecule has 0 radical (unpaired) electrons. The quantitative estimate of drug-likeness (QED) is 0.455. The molecule has 2 aromatic heterocycles. The first-order valence-electron chi connectivity index (χ1n) is 10.7. The van der Waals surface area contributed by atoms with Crippen molar-refractivity contribution in [1.29, 1.82) is 0 Å². The number of thiophene rings is 1. The molecular weight excluding hydrogens is 504 g/mol. The fourth-order valence-corrected chi connectivity index (χ4v) is 5.14. The van der Waals surface area contributed by atoms with E-state index in [1.54, 1.807) is 24.0 Å². The van der Waals surface area contributed by atoms with Crippen molar-refractivity contribution in [1.82, 2.24) is 14.5 Å². The van der Waals surface area contributed by atoms with Crippen molar-refractivity contribution >= 4 is 74.2 Å². The molecule has 1 aliphatic heterocycles. The normalized spacial score (nSPS) is 17.3. The highest BCUT2D eigenvalue weighted by Gasteiger charge is 2.27. The molecule has 2 N–H and O–H groups in total. The lowest BCUT2D eigenvalue weighted by Gasteiger charge is -2.26. The van der Waals surface area contributed by atoms with E-state index in [1.807, 2.05) is 10.6 Å². The number of amides is 3. The Balaban J connectivity index is 1.66. The minimum Gasteiger partial charge on any atom is -0.341 e. The van der Waals surface area contributed by atoms with Crippen LogP contribution in [0.15, 0.2) is 29.6 Å². The van der Waals surface area contributed by atoms with E-state index in [2.05, 4.69) is 15.6 Å². The number of carbonyl (C=O) groups is 3. The number of imidazole rings is 1. The van der Waals surface area contributed by atoms with Crippen LogP contribution in [0.4, 0.5) is 15.3 Å². The number of anilines is 2. The summed E-state index contributed by atoms with van der Waals surface area (Å²) in [6.07, 6.45) is 2.60. The SMILES string of the molecule is CC(=O)N1CCCC[C@@H](n2c(NC(=O)c3csc(NC(=O)C(F)Cl)c3)nc3cccc(Cl)c32)C1. The third kappa shape index (κ3) is 5.18. The van der Waals surface area contributed by atoms with Crippen LogP contribution in [0.5, 0.6) is 0 Å². The van der Waals surface area contributed by atoms with Crippen LogP contribution in [0.3, 0.4) is 0 Å². The topological polar surface area (TPSA) is 96.3 Å². The van der Waals surface area contributed by atoms with E-state index in [4.69, 9.17) is 23.2 Å². The molecule has 34 heavy (non-hydrogen) atoms. The van der Waals surface area contributed by atoms with Gasteiger partial charge in [-0.2, -0.15) is 0 Å². The molecule has 12 heteroatoms. The second-order valence-electron chi connectivity index (χ2n) is 7.97. The molecule has 1 fully saturated rings. The van der Waals surface area contributed by atoms with Gasteiger partial charge in [-0.3, -0.25) is 19.7 Å². The molecule has 3 heterocycles. The molecule has 3 aromatic rings. The number of nitrogens with one attached hydrogen (secondary N) is 2. The standard InChI is InChI=1S/C22H22Cl2FN5O3S/c1-12(31)29-8-3-2-5-14(10-29)30-18-15(23)6-4-7-16(18)26-22(30)28-20(32)13-9-17(34-11-13)27-21(33)19(24)25/h4,6-7,9,11,14,19H,2-3,5,8,10H2,1H3,(H,27,33)(H,26,28,32)/t14-,19?/m1/s1. The minimum atomic E-state index is -2.18. The fraction of sp³-hybridized carbons (Fsp3) is 0.364. The monoisotopic (exact) mass is 525 g/mol. The zero-order valence-corrected chi connectivity index (χ0v) is 20.5. The van der Waals surface area contributed by atoms with E-state index in [-0.39, 0.29) is 22.5 Å². The maximum atomic E-state index is 13.0. The number of hydrogen-bond donors (Lipinski definition) is 2. The molecule has 3 amide bonds. The van der Waals surface area contributed by atoms with Crippen LogP contribution in [-0.4, -0.2) is 50.9 Å². The second-order valence-corrected chi connectivity index (χ2v) is 9.67. The Bertz CT molecular complexity index is 1240. The third-order valence-electron chi connectivity index (χ3n) is 5.65. The molecule has 1 unspecified atom stereocenters. The van der Waals surface area contributed by atoms with Gasteiger partial charge in [0.25, 0.3) is 17.4 Å². The Morgan fingerprint density at radius 1 is 1.26 bits per heavy atom. The molecule has 0 aliphatic carbocycles. The zero-order chi connectivity index (χ0) is 24.4. The van der Waals surface area contributed by atoms with Gasteiger partial charge >= 0.3 is 0 Å². The first-order valence-corrected chi connectivity index (χ1v) is 12.3. The van der Waals surface area contributed by atoms with Crippen LogP contribution in [0.2, 0.25) is 5.02 Å². The Morgan fingerprint density at radius 2 is 2.06 bits per heavy atom. The number of halogens is 3. The summed E-state index contributed by atoms with van der Waals surface area (Å²) in [5, 5.41) is 7.47. The third-order valence-corrected chi connectivity index (χ3v) is 7.00. The predicted octanol–water partition coefficient (Wildman–Crippen LogP) is 5.05. The van der Waals surface area contributed by atoms with Gasteiger partial charge in [-0.15, -0.1) is 11.3 Å². The van der Waals surface area contributed by atoms with Gasteiger partial charge in [0, 0.05) is 25.4 Å². The molecule has 0 bridgehead atoms. The summed E-state index contributed by atoms with van der Waals surface area (Å²) in [5.74, 6) is -1.15. The van der Waals surface area contributed by atoms with Crippen molar-refractivity contribution in [2.24, 2.45) is 0 Å². The van der Waals surface area contributed by atoms with E-state index < -0.39 is 17.4 Å². The Kier molecular flexibility index (Phi) is 7.39. The van der Waals surface area contributed by atoms with Crippen LogP contribution in [0.1, 0.15) is 42.6 Å². The van der Waals surface area contributed by atoms with Crippen LogP contribution in [0, 0.1) is 0 Å². The molecule has 2 atom stereocenters. The number of nitrogens with zero attached hydrogens (tertiary/aromatic N) is 3. The number of hydrogen-bond acceptors (Lipinski definition) is 5. The fourth-order valence-electron chi connectivity index (χ4n) is 4.04. The summed E-state index contributed by atoms with van der Waals surface area (Å²) in [4.78, 5) is 43.0. The number of benzene rings is 1. The van der Waals surface area contributed by atoms with Gasteiger partial charge in [-0.05, 0) is 37.5 Å². The molecule has 0 spiro atoms. The highest BCUT2D eigenvalue weighted by atomic mass is 35.5. The maximum absolute atomic E-state index is 13.0. The second kappa shape index (κ2) is 10.3. The van der Waals surface area contributed by atoms with Gasteiger partial charge in [0.2, 0.25) is 11.9 Å². The molecule has 1 aliphatic rings. The number of alkyl halides is 2. The van der Waals surface area contributed by atoms with Gasteiger partial charge in [0.15, 0.2) is 0 Å². The lowest BCUT2D eigenvalue weighted by molar-refractivity contribution is -0.129. The molecular formula is C22H22Cl2FN5O3S. The number of likely N-dealkylation sites (tertiary alicyclic amines) is 1. The zero-order valence-electron chi connectivity index (χ0n) is 18.2. The van der Waals surface area contributed by atoms with Crippen molar-refractivity contribution in [3.63, 3.8) is 0 Å². The lowest BCUT2D eigenvalue weighted by Crippen LogP contribution is -2.34. The summed E-state index contributed by atoms with van der Waals surface area (Å²) in [7, 11) is 0. The van der Waals surface area contributed by atoms with Crippen molar-refractivity contribution in [2.45, 2.75) is 37.9 Å². The summed E-state index contributed by atoms with van der Waals surface area (Å²) in [6.45, 7) is 2.71. The summed E-state index contributed by atoms with van der Waals surface area (Å²) in [6, 6.07) is 6.65. The Labute approximate surface area is 209 Å². The number of aromatic nitrogens is 2. The first kappa shape index (κ1) is 24.4. The van der Waals surface area contributed by atoms with Gasteiger partial charge in [-0.25, -0.2) is 9.37 Å². The lowest BCUT2D eigenvalue weighted by atomic mass is 10.1. The van der Waals surface area contributed by atoms with Crippen LogP contribution in [-0.2, 0) is 9.59 Å². The van der Waals surface area contributed by atoms with Crippen LogP contribution < -0.4 is 10.6 Å². The summed E-state index contributed by atoms with van der Waals surface area (Å²) in [5.41, 5.74) is -0.612. The van der Waals surface area contributed by atoms with Crippen LogP contribution in [0.25, 0.3) is 11.0 Å². The molecule has 1 aromatic carbocycles. The maximum Gasteiger partial charge on any atom is 0.275 e. The van der Waals surface area contributed by atoms with Crippen molar-refractivity contribution in [3.05, 3.63) is 40.2 Å². The molecule has 8 nitrogen and oxygen atoms in total. The number of fused-ring (bicyclic) bond motifs is 1. The summed E-state index contributed by atoms with van der Waals surface area (Å²) >= 11 is 12.7. The number of para-hydroxylation sites is 1. The minimum absolute atomic E-state index is 0.00619. The summed E-state index contributed by atoms with van der Waals surface area (Å²) < 4.78 is 14.8. The van der Waals surface area contributed by atoms with Crippen molar-refractivity contribution in [3.8, 4) is 0 Å². The van der Waals surface area contributed by atoms with Gasteiger partial charge in [0.1, 0.15) is 0 Å². The first-order chi connectivity index (χ1) is 16.2. The highest BCUT2D eigenvalue weighted by molar-refractivity contribution is 7.14. The molecule has 4 rings (SSSR count). The average molecular weight is 526 g/mol. The van der Waals surface area contributed by atoms with Crippen molar-refractivity contribution < 1.29 is 18.8 Å². The van der Waals surface area contributed by atoms with Gasteiger partial charge in [-0.1, -0.05) is 29.3 Å². The Hall–Kier alpha value is -2.69. The van der Waals surface area contributed by atoms with E-state index in [0.717, 1.165) is 30.6 Å². The van der Waals surface area contributed by atoms with E-state index >= 15 is 0 Å². The average Bonchev–Trinajstić information content (AvgIpc) is 3.31. The number of carbonyl (C=O) groups excluding carboxylic acids is 3. The van der Waals surface area contributed by atoms with Crippen molar-refractivity contribution in [2.75, 3.05) is 23.7 Å². The van der Waals surface area contributed by atoms with Crippen LogP contribution >= 0.6 is 34.5 Å². The largest absolute Gasteiger partial charge is 0.341 e. The smallest absolute Gasteiger partial charge is 0.275 e. The van der Waals surface area contributed by atoms with E-state index in [0.29, 0.717) is 35.1 Å². The number of rotatable bonds is 5.